The van der Waals surface area contributed by atoms with E-state index in [1.165, 1.54) is 30.6 Å². The summed E-state index contributed by atoms with van der Waals surface area (Å²) < 4.78 is 0. The van der Waals surface area contributed by atoms with Crippen molar-refractivity contribution in [3.63, 3.8) is 0 Å². The lowest BCUT2D eigenvalue weighted by Crippen LogP contribution is -2.52. The number of hydrogen-bond acceptors (Lipinski definition) is 3. The Kier molecular flexibility index (Phi) is 3.92. The highest BCUT2D eigenvalue weighted by molar-refractivity contribution is 7.12. The van der Waals surface area contributed by atoms with Crippen LogP contribution in [0.4, 0.5) is 0 Å². The number of thiophene rings is 1. The average Bonchev–Trinajstić information content (AvgIpc) is 3.17. The summed E-state index contributed by atoms with van der Waals surface area (Å²) >= 11 is 1.49. The first-order valence-electron chi connectivity index (χ1n) is 8.80. The van der Waals surface area contributed by atoms with Crippen molar-refractivity contribution in [1.82, 2.24) is 9.80 Å². The smallest absolute Gasteiger partial charge is 0.263 e. The molecule has 1 atom stereocenters. The fraction of sp³-hybridized carbons (Fsp3) is 0.667. The summed E-state index contributed by atoms with van der Waals surface area (Å²) in [5, 5.41) is 1.94. The van der Waals surface area contributed by atoms with Gasteiger partial charge in [-0.05, 0) is 49.5 Å². The van der Waals surface area contributed by atoms with Gasteiger partial charge in [-0.2, -0.15) is 0 Å². The molecule has 2 saturated heterocycles. The lowest BCUT2D eigenvalue weighted by Gasteiger charge is -2.42. The summed E-state index contributed by atoms with van der Waals surface area (Å²) in [6.07, 6.45) is 6.74. The monoisotopic (exact) mass is 332 g/mol. The Morgan fingerprint density at radius 2 is 2.13 bits per heavy atom. The Labute approximate surface area is 141 Å². The van der Waals surface area contributed by atoms with E-state index in [4.69, 9.17) is 0 Å². The normalized spacial score (nSPS) is 28.4. The predicted octanol–water partition coefficient (Wildman–Crippen LogP) is 3.00. The molecule has 124 valence electrons. The Hall–Kier alpha value is -1.36. The number of nitrogens with zero attached hydrogens (tertiary/aromatic N) is 2. The van der Waals surface area contributed by atoms with E-state index in [1.54, 1.807) is 0 Å². The zero-order valence-corrected chi connectivity index (χ0v) is 14.3. The molecule has 2 amide bonds. The number of likely N-dealkylation sites (tertiary alicyclic amines) is 2. The molecule has 4 nitrogen and oxygen atoms in total. The van der Waals surface area contributed by atoms with Crippen LogP contribution in [0, 0.1) is 11.3 Å². The molecule has 0 bridgehead atoms. The van der Waals surface area contributed by atoms with Crippen LogP contribution in [-0.4, -0.2) is 47.8 Å². The number of hydrogen-bond donors (Lipinski definition) is 0. The van der Waals surface area contributed by atoms with E-state index in [2.05, 4.69) is 4.90 Å². The maximum Gasteiger partial charge on any atom is 0.263 e. The molecule has 4 rings (SSSR count). The highest BCUT2D eigenvalue weighted by atomic mass is 32.1. The molecule has 23 heavy (non-hydrogen) atoms. The van der Waals surface area contributed by atoms with Crippen LogP contribution in [0.2, 0.25) is 0 Å². The third kappa shape index (κ3) is 2.69. The maximum atomic E-state index is 13.1. The zero-order valence-electron chi connectivity index (χ0n) is 13.5. The van der Waals surface area contributed by atoms with Crippen LogP contribution in [0.5, 0.6) is 0 Å². The maximum absolute atomic E-state index is 13.1. The molecule has 1 saturated carbocycles. The Bertz CT molecular complexity index is 596. The minimum atomic E-state index is -0.297. The zero-order chi connectivity index (χ0) is 15.9. The number of piperidine rings is 1. The first kappa shape index (κ1) is 15.2. The van der Waals surface area contributed by atoms with Gasteiger partial charge in [0.05, 0.1) is 10.3 Å². The molecule has 3 aliphatic rings. The Morgan fingerprint density at radius 3 is 2.83 bits per heavy atom. The second kappa shape index (κ2) is 5.93. The summed E-state index contributed by atoms with van der Waals surface area (Å²) in [7, 11) is 0. The highest BCUT2D eigenvalue weighted by Gasteiger charge is 2.49. The van der Waals surface area contributed by atoms with E-state index >= 15 is 0 Å². The van der Waals surface area contributed by atoms with Crippen molar-refractivity contribution in [1.29, 1.82) is 0 Å². The molecule has 0 N–H and O–H groups in total. The third-order valence-electron chi connectivity index (χ3n) is 5.90. The standard InChI is InChI=1S/C18H24N2O2S/c21-16(15-6-2-11-23-15)20-10-8-18(13-20)7-3-9-19(17(18)22)12-14-4-1-5-14/h2,6,11,14H,1,3-5,7-10,12-13H2. The van der Waals surface area contributed by atoms with Crippen molar-refractivity contribution in [3.05, 3.63) is 22.4 Å². The summed E-state index contributed by atoms with van der Waals surface area (Å²) in [5.74, 6) is 1.14. The van der Waals surface area contributed by atoms with Gasteiger partial charge in [-0.1, -0.05) is 12.5 Å². The first-order chi connectivity index (χ1) is 11.2. The summed E-state index contributed by atoms with van der Waals surface area (Å²) in [5.41, 5.74) is -0.297. The highest BCUT2D eigenvalue weighted by Crippen LogP contribution is 2.41. The SMILES string of the molecule is O=C(c1cccs1)N1CCC2(CCCN(CC3CCC3)C2=O)C1. The molecule has 3 fully saturated rings. The van der Waals surface area contributed by atoms with Gasteiger partial charge in [-0.15, -0.1) is 11.3 Å². The minimum absolute atomic E-state index is 0.0980. The molecule has 2 aliphatic heterocycles. The molecule has 0 radical (unpaired) electrons. The van der Waals surface area contributed by atoms with Gasteiger partial charge in [0.1, 0.15) is 0 Å². The van der Waals surface area contributed by atoms with Crippen LogP contribution in [0.25, 0.3) is 0 Å². The lowest BCUT2D eigenvalue weighted by molar-refractivity contribution is -0.146. The summed E-state index contributed by atoms with van der Waals surface area (Å²) in [6, 6.07) is 3.79. The molecule has 3 heterocycles. The lowest BCUT2D eigenvalue weighted by atomic mass is 9.77. The van der Waals surface area contributed by atoms with E-state index in [1.807, 2.05) is 22.4 Å². The second-order valence-corrected chi connectivity index (χ2v) is 8.33. The summed E-state index contributed by atoms with van der Waals surface area (Å²) in [6.45, 7) is 3.19. The van der Waals surface area contributed by atoms with Crippen molar-refractivity contribution in [2.75, 3.05) is 26.2 Å². The predicted molar refractivity (Wildman–Crippen MR) is 90.4 cm³/mol. The first-order valence-corrected chi connectivity index (χ1v) is 9.68. The number of carbonyl (C=O) groups excluding carboxylic acids is 2. The van der Waals surface area contributed by atoms with Crippen LogP contribution < -0.4 is 0 Å². The topological polar surface area (TPSA) is 40.6 Å². The minimum Gasteiger partial charge on any atom is -0.342 e. The van der Waals surface area contributed by atoms with Gasteiger partial charge in [0, 0.05) is 26.2 Å². The fourth-order valence-electron chi connectivity index (χ4n) is 4.29. The molecule has 5 heteroatoms. The quantitative estimate of drug-likeness (QED) is 0.854. The molecule has 1 aromatic rings. The summed E-state index contributed by atoms with van der Waals surface area (Å²) in [4.78, 5) is 30.4. The number of carbonyl (C=O) groups is 2. The fourth-order valence-corrected chi connectivity index (χ4v) is 4.98. The molecule has 1 unspecified atom stereocenters. The van der Waals surface area contributed by atoms with Gasteiger partial charge in [-0.25, -0.2) is 0 Å². The van der Waals surface area contributed by atoms with Crippen LogP contribution in [0.3, 0.4) is 0 Å². The van der Waals surface area contributed by atoms with Crippen molar-refractivity contribution in [2.45, 2.75) is 38.5 Å². The molecule has 1 aromatic heterocycles. The largest absolute Gasteiger partial charge is 0.342 e. The van der Waals surface area contributed by atoms with Gasteiger partial charge in [0.2, 0.25) is 5.91 Å². The van der Waals surface area contributed by atoms with E-state index < -0.39 is 0 Å². The van der Waals surface area contributed by atoms with E-state index in [0.29, 0.717) is 12.5 Å². The Balaban J connectivity index is 1.45. The van der Waals surface area contributed by atoms with Crippen molar-refractivity contribution in [3.8, 4) is 0 Å². The Morgan fingerprint density at radius 1 is 1.26 bits per heavy atom. The van der Waals surface area contributed by atoms with Crippen molar-refractivity contribution < 1.29 is 9.59 Å². The van der Waals surface area contributed by atoms with Gasteiger partial charge in [-0.3, -0.25) is 9.59 Å². The molecular weight excluding hydrogens is 308 g/mol. The van der Waals surface area contributed by atoms with Gasteiger partial charge < -0.3 is 9.80 Å². The molecule has 1 spiro atoms. The van der Waals surface area contributed by atoms with Crippen LogP contribution in [0.15, 0.2) is 17.5 Å². The molecule has 1 aliphatic carbocycles. The van der Waals surface area contributed by atoms with Crippen molar-refractivity contribution >= 4 is 23.2 Å². The van der Waals surface area contributed by atoms with Crippen LogP contribution >= 0.6 is 11.3 Å². The van der Waals surface area contributed by atoms with Gasteiger partial charge in [0.15, 0.2) is 0 Å². The van der Waals surface area contributed by atoms with Crippen molar-refractivity contribution in [2.24, 2.45) is 11.3 Å². The van der Waals surface area contributed by atoms with E-state index in [0.717, 1.165) is 49.7 Å². The van der Waals surface area contributed by atoms with Crippen LogP contribution in [0.1, 0.15) is 48.2 Å². The third-order valence-corrected chi connectivity index (χ3v) is 6.76. The van der Waals surface area contributed by atoms with Gasteiger partial charge in [0.25, 0.3) is 5.91 Å². The number of amides is 2. The molecular formula is C18H24N2O2S. The van der Waals surface area contributed by atoms with Crippen LogP contribution in [-0.2, 0) is 4.79 Å². The van der Waals surface area contributed by atoms with Gasteiger partial charge >= 0.3 is 0 Å². The number of rotatable bonds is 3. The molecule has 0 aromatic carbocycles. The van der Waals surface area contributed by atoms with E-state index in [9.17, 15) is 9.59 Å². The average molecular weight is 332 g/mol. The van der Waals surface area contributed by atoms with E-state index in [-0.39, 0.29) is 11.3 Å². The second-order valence-electron chi connectivity index (χ2n) is 7.39.